The van der Waals surface area contributed by atoms with Crippen LogP contribution in [0.5, 0.6) is 0 Å². The fraction of sp³-hybridized carbons (Fsp3) is 0.490. The van der Waals surface area contributed by atoms with Crippen molar-refractivity contribution in [2.24, 2.45) is 24.6 Å². The molecule has 3 aromatic carbocycles. The molecule has 3 saturated heterocycles. The van der Waals surface area contributed by atoms with E-state index in [0.717, 1.165) is 54.3 Å². The Kier molecular flexibility index (Phi) is 14.4. The molecule has 4 aromatic rings. The van der Waals surface area contributed by atoms with Crippen LogP contribution < -0.4 is 27.4 Å². The SMILES string of the molecule is C[C@H]1CN(C(=O)CC[C@H]2CC[C@@H](c3ccc4c(c3)n(C)c(=O)n4C3CCC(=O)NC3=O)CC2)CC[C@H]2CC[C@@H](C(=O)N[C@@H](CCC(N)=O)C(=O)NC(c3ccccc3)c3ccccc3)N2C1=O. The molecule has 16 heteroatoms. The van der Waals surface area contributed by atoms with E-state index in [1.165, 1.54) is 4.57 Å². The van der Waals surface area contributed by atoms with Crippen LogP contribution in [0.3, 0.4) is 0 Å². The normalized spacial score (nSPS) is 23.8. The maximum Gasteiger partial charge on any atom is 0.329 e. The lowest BCUT2D eigenvalue weighted by Gasteiger charge is -2.38. The molecule has 5 N–H and O–H groups in total. The summed E-state index contributed by atoms with van der Waals surface area (Å²) in [6.07, 6.45) is 6.85. The molecular formula is C51H62N8O8. The van der Waals surface area contributed by atoms with Crippen LogP contribution in [0.25, 0.3) is 11.0 Å². The third-order valence-electron chi connectivity index (χ3n) is 14.6. The number of nitrogens with two attached hydrogens (primary N) is 1. The summed E-state index contributed by atoms with van der Waals surface area (Å²) in [5, 5.41) is 8.33. The van der Waals surface area contributed by atoms with Gasteiger partial charge >= 0.3 is 5.69 Å². The van der Waals surface area contributed by atoms with Crippen LogP contribution in [0.15, 0.2) is 83.7 Å². The number of nitrogens with zero attached hydrogens (tertiary/aromatic N) is 4. The maximum atomic E-state index is 14.1. The number of hydrogen-bond donors (Lipinski definition) is 4. The van der Waals surface area contributed by atoms with Gasteiger partial charge in [-0.05, 0) is 105 Å². The number of benzene rings is 3. The summed E-state index contributed by atoms with van der Waals surface area (Å²) >= 11 is 0. The van der Waals surface area contributed by atoms with E-state index in [4.69, 9.17) is 5.73 Å². The second-order valence-corrected chi connectivity index (χ2v) is 19.0. The minimum absolute atomic E-state index is 0.00746. The fourth-order valence-electron chi connectivity index (χ4n) is 10.9. The van der Waals surface area contributed by atoms with Gasteiger partial charge in [0.15, 0.2) is 0 Å². The van der Waals surface area contributed by atoms with E-state index in [0.29, 0.717) is 49.6 Å². The summed E-state index contributed by atoms with van der Waals surface area (Å²) in [5.74, 6) is -2.33. The number of aryl methyl sites for hydroxylation is 1. The minimum atomic E-state index is -1.08. The molecule has 7 amide bonds. The Balaban J connectivity index is 0.845. The molecule has 8 rings (SSSR count). The zero-order valence-corrected chi connectivity index (χ0v) is 38.4. The number of nitrogens with one attached hydrogen (secondary N) is 3. The highest BCUT2D eigenvalue weighted by molar-refractivity contribution is 6.00. The van der Waals surface area contributed by atoms with Crippen LogP contribution in [-0.2, 0) is 40.6 Å². The average molecular weight is 915 g/mol. The number of fused-ring (bicyclic) bond motifs is 2. The number of imide groups is 1. The predicted molar refractivity (Wildman–Crippen MR) is 250 cm³/mol. The van der Waals surface area contributed by atoms with Crippen molar-refractivity contribution < 1.29 is 33.6 Å². The van der Waals surface area contributed by atoms with Crippen molar-refractivity contribution in [1.29, 1.82) is 0 Å². The van der Waals surface area contributed by atoms with E-state index in [1.807, 2.05) is 77.7 Å². The van der Waals surface area contributed by atoms with Crippen LogP contribution in [0.1, 0.15) is 125 Å². The molecule has 0 bridgehead atoms. The van der Waals surface area contributed by atoms with Gasteiger partial charge in [0.25, 0.3) is 0 Å². The Labute approximate surface area is 390 Å². The quantitative estimate of drug-likeness (QED) is 0.134. The summed E-state index contributed by atoms with van der Waals surface area (Å²) < 4.78 is 3.07. The number of hydrogen-bond acceptors (Lipinski definition) is 8. The van der Waals surface area contributed by atoms with Gasteiger partial charge in [-0.1, -0.05) is 73.7 Å². The summed E-state index contributed by atoms with van der Waals surface area (Å²) in [7, 11) is 1.71. The van der Waals surface area contributed by atoms with Gasteiger partial charge < -0.3 is 26.2 Å². The molecule has 1 saturated carbocycles. The second-order valence-electron chi connectivity index (χ2n) is 19.0. The van der Waals surface area contributed by atoms with Crippen LogP contribution in [0, 0.1) is 11.8 Å². The van der Waals surface area contributed by atoms with E-state index in [-0.39, 0.29) is 61.7 Å². The molecule has 4 heterocycles. The summed E-state index contributed by atoms with van der Waals surface area (Å²) in [4.78, 5) is 109. The van der Waals surface area contributed by atoms with E-state index >= 15 is 0 Å². The molecule has 4 fully saturated rings. The van der Waals surface area contributed by atoms with Crippen LogP contribution in [-0.4, -0.2) is 91.5 Å². The van der Waals surface area contributed by atoms with E-state index < -0.39 is 53.7 Å². The first kappa shape index (κ1) is 46.9. The number of carbonyl (C=O) groups is 7. The zero-order chi connectivity index (χ0) is 47.4. The highest BCUT2D eigenvalue weighted by Gasteiger charge is 2.45. The number of carbonyl (C=O) groups excluding carboxylic acids is 7. The number of primary amides is 1. The number of amides is 7. The van der Waals surface area contributed by atoms with Gasteiger partial charge in [-0.15, -0.1) is 0 Å². The molecule has 16 nitrogen and oxygen atoms in total. The largest absolute Gasteiger partial charge is 0.370 e. The molecule has 1 aliphatic carbocycles. The van der Waals surface area contributed by atoms with Gasteiger partial charge in [-0.25, -0.2) is 4.79 Å². The number of aromatic nitrogens is 2. The molecule has 4 aliphatic rings. The van der Waals surface area contributed by atoms with Crippen molar-refractivity contribution in [2.45, 2.75) is 127 Å². The van der Waals surface area contributed by atoms with Crippen molar-refractivity contribution in [3.63, 3.8) is 0 Å². The molecular weight excluding hydrogens is 853 g/mol. The first-order valence-electron chi connectivity index (χ1n) is 23.9. The average Bonchev–Trinajstić information content (AvgIpc) is 3.86. The molecule has 1 aromatic heterocycles. The van der Waals surface area contributed by atoms with Crippen molar-refractivity contribution in [3.8, 4) is 0 Å². The first-order valence-corrected chi connectivity index (χ1v) is 23.9. The van der Waals surface area contributed by atoms with Gasteiger partial charge in [0.05, 0.1) is 23.0 Å². The standard InChI is InChI=1S/C51H62N8O8/c1-31-30-57(45(62)26-15-32-13-16-33(17-14-32)36-18-21-39-42(29-36)56(2)51(67)59(39)41-23-25-44(61)54-49(41)65)28-27-37-19-22-40(58(37)50(31)66)48(64)53-38(20-24-43(52)60)47(63)55-46(34-9-5-3-6-10-34)35-11-7-4-8-12-35/h3-12,18,21,29,31-33,37-38,40-41,46H,13-17,19-20,22-28,30H2,1-2H3,(H2,52,60)(H,53,64)(H,55,63)(H,54,61,65)/t31-,32-,33+,37+,38-,40-,41?/m0/s1. The number of imidazole rings is 1. The van der Waals surface area contributed by atoms with Crippen molar-refractivity contribution in [3.05, 3.63) is 106 Å². The monoisotopic (exact) mass is 914 g/mol. The number of rotatable bonds is 14. The molecule has 354 valence electrons. The Hall–Kier alpha value is -6.58. The van der Waals surface area contributed by atoms with Crippen LogP contribution in [0.2, 0.25) is 0 Å². The third-order valence-corrected chi connectivity index (χ3v) is 14.6. The van der Waals surface area contributed by atoms with Gasteiger partial charge in [-0.3, -0.25) is 48.0 Å². The molecule has 5 atom stereocenters. The molecule has 67 heavy (non-hydrogen) atoms. The topological polar surface area (TPSA) is 215 Å². The molecule has 0 radical (unpaired) electrons. The van der Waals surface area contributed by atoms with Crippen molar-refractivity contribution in [1.82, 2.24) is 34.9 Å². The fourth-order valence-corrected chi connectivity index (χ4v) is 10.9. The van der Waals surface area contributed by atoms with Crippen molar-refractivity contribution >= 4 is 52.4 Å². The minimum Gasteiger partial charge on any atom is -0.370 e. The Bertz CT molecular complexity index is 2530. The van der Waals surface area contributed by atoms with Crippen molar-refractivity contribution in [2.75, 3.05) is 13.1 Å². The van der Waals surface area contributed by atoms with Gasteiger partial charge in [0, 0.05) is 45.4 Å². The maximum absolute atomic E-state index is 14.1. The predicted octanol–water partition coefficient (Wildman–Crippen LogP) is 4.26. The van der Waals surface area contributed by atoms with Gasteiger partial charge in [0.1, 0.15) is 18.1 Å². The van der Waals surface area contributed by atoms with Crippen LogP contribution in [0.4, 0.5) is 0 Å². The number of piperidine rings is 1. The van der Waals surface area contributed by atoms with Gasteiger partial charge in [0.2, 0.25) is 41.4 Å². The molecule has 3 aliphatic heterocycles. The van der Waals surface area contributed by atoms with E-state index in [1.54, 1.807) is 23.4 Å². The molecule has 0 spiro atoms. The lowest BCUT2D eigenvalue weighted by molar-refractivity contribution is -0.147. The second kappa shape index (κ2) is 20.5. The Morgan fingerprint density at radius 3 is 2.13 bits per heavy atom. The smallest absolute Gasteiger partial charge is 0.329 e. The third kappa shape index (κ3) is 10.4. The summed E-state index contributed by atoms with van der Waals surface area (Å²) in [5.41, 5.74) is 9.48. The zero-order valence-electron chi connectivity index (χ0n) is 38.4. The Morgan fingerprint density at radius 2 is 1.48 bits per heavy atom. The molecule has 1 unspecified atom stereocenters. The van der Waals surface area contributed by atoms with E-state index in [9.17, 15) is 38.4 Å². The highest BCUT2D eigenvalue weighted by atomic mass is 16.2. The Morgan fingerprint density at radius 1 is 0.791 bits per heavy atom. The van der Waals surface area contributed by atoms with Gasteiger partial charge in [-0.2, -0.15) is 0 Å². The van der Waals surface area contributed by atoms with Crippen LogP contribution >= 0.6 is 0 Å². The lowest BCUT2D eigenvalue weighted by Crippen LogP contribution is -2.57. The first-order chi connectivity index (χ1) is 32.3. The summed E-state index contributed by atoms with van der Waals surface area (Å²) in [6, 6.07) is 21.6. The van der Waals surface area contributed by atoms with E-state index in [2.05, 4.69) is 22.0 Å². The highest BCUT2D eigenvalue weighted by Crippen LogP contribution is 2.39. The summed E-state index contributed by atoms with van der Waals surface area (Å²) in [6.45, 7) is 2.52. The lowest BCUT2D eigenvalue weighted by atomic mass is 9.77.